The first-order valence-electron chi connectivity index (χ1n) is 8.36. The zero-order valence-corrected chi connectivity index (χ0v) is 18.6. The quantitative estimate of drug-likeness (QED) is 0.507. The fraction of sp³-hybridized carbons (Fsp3) is 0.0526. The van der Waals surface area contributed by atoms with E-state index in [1.807, 2.05) is 0 Å². The summed E-state index contributed by atoms with van der Waals surface area (Å²) in [6.07, 6.45) is 0. The van der Waals surface area contributed by atoms with E-state index in [9.17, 15) is 16.8 Å². The number of rotatable bonds is 7. The monoisotopic (exact) mass is 486 g/mol. The van der Waals surface area contributed by atoms with E-state index in [-0.39, 0.29) is 26.2 Å². The van der Waals surface area contributed by atoms with Crippen molar-refractivity contribution >= 4 is 54.6 Å². The molecule has 3 aromatic carbocycles. The van der Waals surface area contributed by atoms with Gasteiger partial charge in [-0.1, -0.05) is 35.3 Å². The molecule has 0 fully saturated rings. The van der Waals surface area contributed by atoms with Crippen LogP contribution in [0.3, 0.4) is 0 Å². The maximum atomic E-state index is 12.9. The molecular weight excluding hydrogens is 471 g/mol. The van der Waals surface area contributed by atoms with Crippen molar-refractivity contribution < 1.29 is 21.6 Å². The molecule has 0 spiro atoms. The van der Waals surface area contributed by atoms with E-state index in [1.165, 1.54) is 49.6 Å². The lowest BCUT2D eigenvalue weighted by molar-refractivity contribution is 0.417. The Morgan fingerprint density at radius 3 is 2.13 bits per heavy atom. The Morgan fingerprint density at radius 1 is 0.800 bits per heavy atom. The van der Waals surface area contributed by atoms with Crippen LogP contribution < -0.4 is 14.2 Å². The molecule has 0 aliphatic heterocycles. The number of ether oxygens (including phenoxy) is 1. The molecule has 0 saturated carbocycles. The number of benzene rings is 3. The van der Waals surface area contributed by atoms with E-state index < -0.39 is 20.0 Å². The first-order valence-corrected chi connectivity index (χ1v) is 12.1. The SMILES string of the molecule is COc1ccccc1NS(=O)(=O)c1cc(NS(=O)(=O)c2ccc(Cl)cc2)ccc1Cl. The van der Waals surface area contributed by atoms with Gasteiger partial charge in [0.2, 0.25) is 0 Å². The molecule has 0 radical (unpaired) electrons. The van der Waals surface area contributed by atoms with E-state index in [1.54, 1.807) is 18.2 Å². The molecule has 2 N–H and O–H groups in total. The van der Waals surface area contributed by atoms with Gasteiger partial charge in [0.05, 0.1) is 28.4 Å². The molecule has 0 atom stereocenters. The smallest absolute Gasteiger partial charge is 0.263 e. The number of nitrogens with one attached hydrogen (secondary N) is 2. The van der Waals surface area contributed by atoms with Gasteiger partial charge in [-0.05, 0) is 54.6 Å². The van der Waals surface area contributed by atoms with E-state index in [2.05, 4.69) is 9.44 Å². The predicted molar refractivity (Wildman–Crippen MR) is 118 cm³/mol. The van der Waals surface area contributed by atoms with Crippen LogP contribution in [0.5, 0.6) is 5.75 Å². The predicted octanol–water partition coefficient (Wildman–Crippen LogP) is 4.60. The van der Waals surface area contributed by atoms with Crippen molar-refractivity contribution in [1.82, 2.24) is 0 Å². The third-order valence-corrected chi connectivity index (χ3v) is 7.44. The Morgan fingerprint density at radius 2 is 1.47 bits per heavy atom. The van der Waals surface area contributed by atoms with Gasteiger partial charge < -0.3 is 4.74 Å². The van der Waals surface area contributed by atoms with Crippen LogP contribution in [0.25, 0.3) is 0 Å². The van der Waals surface area contributed by atoms with Crippen molar-refractivity contribution in [2.45, 2.75) is 9.79 Å². The van der Waals surface area contributed by atoms with Crippen LogP contribution in [0.2, 0.25) is 10.0 Å². The maximum absolute atomic E-state index is 12.9. The molecule has 0 aliphatic rings. The zero-order chi connectivity index (χ0) is 21.9. The number of para-hydroxylation sites is 2. The summed E-state index contributed by atoms with van der Waals surface area (Å²) in [6, 6.07) is 15.8. The Kier molecular flexibility index (Phi) is 6.47. The Balaban J connectivity index is 1.94. The van der Waals surface area contributed by atoms with Gasteiger partial charge in [-0.3, -0.25) is 9.44 Å². The molecule has 158 valence electrons. The summed E-state index contributed by atoms with van der Waals surface area (Å²) in [6.45, 7) is 0. The lowest BCUT2D eigenvalue weighted by atomic mass is 10.3. The second kappa shape index (κ2) is 8.73. The van der Waals surface area contributed by atoms with Crippen molar-refractivity contribution in [2.75, 3.05) is 16.6 Å². The molecule has 30 heavy (non-hydrogen) atoms. The largest absolute Gasteiger partial charge is 0.495 e. The number of sulfonamides is 2. The van der Waals surface area contributed by atoms with Crippen molar-refractivity contribution in [3.8, 4) is 5.75 Å². The summed E-state index contributed by atoms with van der Waals surface area (Å²) < 4.78 is 60.7. The molecule has 0 bridgehead atoms. The van der Waals surface area contributed by atoms with E-state index in [0.717, 1.165) is 6.07 Å². The molecule has 0 unspecified atom stereocenters. The number of anilines is 2. The maximum Gasteiger partial charge on any atom is 0.263 e. The Hall–Kier alpha value is -2.46. The number of halogens is 2. The molecule has 0 saturated heterocycles. The highest BCUT2D eigenvalue weighted by atomic mass is 35.5. The summed E-state index contributed by atoms with van der Waals surface area (Å²) in [4.78, 5) is -0.329. The molecule has 0 aliphatic carbocycles. The van der Waals surface area contributed by atoms with Crippen molar-refractivity contribution in [3.05, 3.63) is 76.8 Å². The second-order valence-corrected chi connectivity index (χ2v) is 10.2. The van der Waals surface area contributed by atoms with E-state index in [0.29, 0.717) is 10.8 Å². The highest BCUT2D eigenvalue weighted by Crippen LogP contribution is 2.31. The third-order valence-electron chi connectivity index (χ3n) is 3.95. The molecule has 3 rings (SSSR count). The Labute approximate surface area is 184 Å². The minimum absolute atomic E-state index is 0.0229. The fourth-order valence-corrected chi connectivity index (χ4v) is 5.30. The van der Waals surface area contributed by atoms with Crippen LogP contribution in [-0.2, 0) is 20.0 Å². The molecule has 11 heteroatoms. The Bertz CT molecular complexity index is 1280. The summed E-state index contributed by atoms with van der Waals surface area (Å²) in [7, 11) is -6.69. The van der Waals surface area contributed by atoms with Gasteiger partial charge in [-0.25, -0.2) is 16.8 Å². The van der Waals surface area contributed by atoms with Gasteiger partial charge >= 0.3 is 0 Å². The van der Waals surface area contributed by atoms with Crippen LogP contribution in [0.1, 0.15) is 0 Å². The first kappa shape index (κ1) is 22.2. The average molecular weight is 487 g/mol. The van der Waals surface area contributed by atoms with Gasteiger partial charge in [-0.15, -0.1) is 0 Å². The summed E-state index contributed by atoms with van der Waals surface area (Å²) in [5, 5.41) is 0.308. The van der Waals surface area contributed by atoms with Gasteiger partial charge in [-0.2, -0.15) is 0 Å². The second-order valence-electron chi connectivity index (χ2n) is 6.01. The summed E-state index contributed by atoms with van der Waals surface area (Å²) in [5.74, 6) is 0.316. The highest BCUT2D eigenvalue weighted by Gasteiger charge is 2.22. The van der Waals surface area contributed by atoms with Crippen LogP contribution in [-0.4, -0.2) is 23.9 Å². The van der Waals surface area contributed by atoms with Crippen molar-refractivity contribution in [1.29, 1.82) is 0 Å². The van der Waals surface area contributed by atoms with Gasteiger partial charge in [0.15, 0.2) is 0 Å². The minimum Gasteiger partial charge on any atom is -0.495 e. The fourth-order valence-electron chi connectivity index (χ4n) is 2.53. The first-order chi connectivity index (χ1) is 14.1. The molecular formula is C19H16Cl2N2O5S2. The molecule has 7 nitrogen and oxygen atoms in total. The number of methoxy groups -OCH3 is 1. The minimum atomic E-state index is -4.14. The highest BCUT2D eigenvalue weighted by molar-refractivity contribution is 7.93. The van der Waals surface area contributed by atoms with Crippen LogP contribution in [0.4, 0.5) is 11.4 Å². The van der Waals surface area contributed by atoms with Crippen LogP contribution in [0.15, 0.2) is 76.5 Å². The molecule has 0 aromatic heterocycles. The molecule has 0 heterocycles. The summed E-state index contributed by atoms with van der Waals surface area (Å²) in [5.41, 5.74) is 0.234. The zero-order valence-electron chi connectivity index (χ0n) is 15.5. The summed E-state index contributed by atoms with van der Waals surface area (Å²) >= 11 is 11.9. The lowest BCUT2D eigenvalue weighted by Crippen LogP contribution is -2.16. The standard InChI is InChI=1S/C19H16Cl2N2O5S2/c1-28-18-5-3-2-4-17(18)23-30(26,27)19-12-14(8-11-16(19)21)22-29(24,25)15-9-6-13(20)7-10-15/h2-12,22-23H,1H3. The van der Waals surface area contributed by atoms with Gasteiger partial charge in [0, 0.05) is 5.02 Å². The van der Waals surface area contributed by atoms with Gasteiger partial charge in [0.25, 0.3) is 20.0 Å². The van der Waals surface area contributed by atoms with Crippen molar-refractivity contribution in [3.63, 3.8) is 0 Å². The van der Waals surface area contributed by atoms with E-state index in [4.69, 9.17) is 27.9 Å². The molecule has 3 aromatic rings. The molecule has 0 amide bonds. The average Bonchev–Trinajstić information content (AvgIpc) is 2.69. The lowest BCUT2D eigenvalue weighted by Gasteiger charge is -2.14. The third kappa shape index (κ3) is 4.99. The van der Waals surface area contributed by atoms with Gasteiger partial charge in [0.1, 0.15) is 10.6 Å². The van der Waals surface area contributed by atoms with E-state index >= 15 is 0 Å². The topological polar surface area (TPSA) is 102 Å². The van der Waals surface area contributed by atoms with Crippen molar-refractivity contribution in [2.24, 2.45) is 0 Å². The number of hydrogen-bond acceptors (Lipinski definition) is 5. The van der Waals surface area contributed by atoms with Crippen LogP contribution in [0, 0.1) is 0 Å². The normalized spacial score (nSPS) is 11.7. The van der Waals surface area contributed by atoms with Crippen LogP contribution >= 0.6 is 23.2 Å². The number of hydrogen-bond donors (Lipinski definition) is 2.